The second kappa shape index (κ2) is 9.38. The Kier molecular flexibility index (Phi) is 6.42. The Labute approximate surface area is 176 Å². The van der Waals surface area contributed by atoms with Gasteiger partial charge in [-0.15, -0.1) is 5.10 Å². The van der Waals surface area contributed by atoms with Crippen molar-refractivity contribution in [3.63, 3.8) is 0 Å². The summed E-state index contributed by atoms with van der Waals surface area (Å²) in [5, 5.41) is 8.45. The smallest absolute Gasteiger partial charge is 0.337 e. The van der Waals surface area contributed by atoms with Crippen LogP contribution in [0.3, 0.4) is 0 Å². The van der Waals surface area contributed by atoms with Crippen molar-refractivity contribution in [3.8, 4) is 0 Å². The van der Waals surface area contributed by atoms with Crippen LogP contribution in [0.2, 0.25) is 0 Å². The van der Waals surface area contributed by atoms with Crippen molar-refractivity contribution in [3.05, 3.63) is 47.3 Å². The molecule has 3 heterocycles. The van der Waals surface area contributed by atoms with Crippen molar-refractivity contribution >= 4 is 11.9 Å². The molecule has 2 aliphatic heterocycles. The number of esters is 1. The van der Waals surface area contributed by atoms with Crippen LogP contribution in [0.1, 0.15) is 64.6 Å². The lowest BCUT2D eigenvalue weighted by molar-refractivity contribution is 0.0600. The zero-order valence-corrected chi connectivity index (χ0v) is 17.5. The van der Waals surface area contributed by atoms with Gasteiger partial charge in [-0.2, -0.15) is 0 Å². The fourth-order valence-corrected chi connectivity index (χ4v) is 4.33. The normalized spacial score (nSPS) is 20.2. The Morgan fingerprint density at radius 2 is 1.83 bits per heavy atom. The molecule has 2 fully saturated rings. The first-order valence-corrected chi connectivity index (χ1v) is 10.7. The van der Waals surface area contributed by atoms with Gasteiger partial charge in [0, 0.05) is 26.2 Å². The predicted octanol–water partition coefficient (Wildman–Crippen LogP) is 2.53. The minimum atomic E-state index is -0.319. The van der Waals surface area contributed by atoms with Gasteiger partial charge in [0.15, 0.2) is 5.69 Å². The van der Waals surface area contributed by atoms with Gasteiger partial charge in [-0.1, -0.05) is 17.3 Å². The maximum absolute atomic E-state index is 12.7. The topological polar surface area (TPSA) is 80.6 Å². The van der Waals surface area contributed by atoms with Crippen molar-refractivity contribution in [2.45, 2.75) is 44.7 Å². The van der Waals surface area contributed by atoms with Crippen LogP contribution in [-0.4, -0.2) is 70.0 Å². The van der Waals surface area contributed by atoms with Gasteiger partial charge in [0.2, 0.25) is 0 Å². The summed E-state index contributed by atoms with van der Waals surface area (Å²) in [7, 11) is 1.39. The summed E-state index contributed by atoms with van der Waals surface area (Å²) >= 11 is 0. The van der Waals surface area contributed by atoms with Crippen molar-refractivity contribution in [2.75, 3.05) is 33.3 Å². The molecule has 2 saturated heterocycles. The summed E-state index contributed by atoms with van der Waals surface area (Å²) in [5.74, 6) is -0.319. The first-order chi connectivity index (χ1) is 14.6. The molecule has 0 bridgehead atoms. The molecule has 8 nitrogen and oxygen atoms in total. The molecular formula is C22H29N5O3. The van der Waals surface area contributed by atoms with Crippen LogP contribution in [-0.2, 0) is 11.3 Å². The SMILES string of the molecule is COC(=O)c1ccc(CN2CCCC(n3cc(C(=O)N4CCCCC4)nn3)C2)cc1. The van der Waals surface area contributed by atoms with Crippen molar-refractivity contribution in [1.29, 1.82) is 0 Å². The van der Waals surface area contributed by atoms with E-state index in [4.69, 9.17) is 4.74 Å². The highest BCUT2D eigenvalue weighted by molar-refractivity contribution is 5.92. The molecule has 0 spiro atoms. The monoisotopic (exact) mass is 411 g/mol. The number of carbonyl (C=O) groups is 2. The van der Waals surface area contributed by atoms with Crippen molar-refractivity contribution < 1.29 is 14.3 Å². The van der Waals surface area contributed by atoms with Gasteiger partial charge in [-0.3, -0.25) is 9.69 Å². The maximum atomic E-state index is 12.7. The van der Waals surface area contributed by atoms with Gasteiger partial charge in [0.05, 0.1) is 24.9 Å². The van der Waals surface area contributed by atoms with Gasteiger partial charge >= 0.3 is 5.97 Å². The molecule has 2 aromatic rings. The van der Waals surface area contributed by atoms with E-state index in [2.05, 4.69) is 15.2 Å². The second-order valence-electron chi connectivity index (χ2n) is 8.16. The van der Waals surface area contributed by atoms with E-state index >= 15 is 0 Å². The predicted molar refractivity (Wildman–Crippen MR) is 111 cm³/mol. The van der Waals surface area contributed by atoms with Gasteiger partial charge in [-0.05, 0) is 56.3 Å². The standard InChI is InChI=1S/C22H29N5O3/c1-30-22(29)18-9-7-17(8-10-18)14-25-11-5-6-19(15-25)27-16-20(23-24-27)21(28)26-12-3-2-4-13-26/h7-10,16,19H,2-6,11-15H2,1H3. The Morgan fingerprint density at radius 1 is 1.07 bits per heavy atom. The number of ether oxygens (including phenoxy) is 1. The molecule has 4 rings (SSSR count). The summed E-state index contributed by atoms with van der Waals surface area (Å²) in [6.45, 7) is 4.32. The molecule has 1 atom stereocenters. The molecule has 1 amide bonds. The molecule has 1 aromatic carbocycles. The highest BCUT2D eigenvalue weighted by Gasteiger charge is 2.25. The molecular weight excluding hydrogens is 382 g/mol. The van der Waals surface area contributed by atoms with Crippen molar-refractivity contribution in [1.82, 2.24) is 24.8 Å². The number of carbonyl (C=O) groups excluding carboxylic acids is 2. The van der Waals surface area contributed by atoms with Gasteiger partial charge in [0.25, 0.3) is 5.91 Å². The zero-order valence-electron chi connectivity index (χ0n) is 17.5. The van der Waals surface area contributed by atoms with E-state index in [9.17, 15) is 9.59 Å². The molecule has 1 aromatic heterocycles. The third-order valence-corrected chi connectivity index (χ3v) is 6.01. The average molecular weight is 412 g/mol. The number of aromatic nitrogens is 3. The fraction of sp³-hybridized carbons (Fsp3) is 0.545. The number of amides is 1. The van der Waals surface area contributed by atoms with Crippen LogP contribution < -0.4 is 0 Å². The summed E-state index contributed by atoms with van der Waals surface area (Å²) in [4.78, 5) is 28.5. The Hall–Kier alpha value is -2.74. The lowest BCUT2D eigenvalue weighted by atomic mass is 10.0. The van der Waals surface area contributed by atoms with E-state index in [1.165, 1.54) is 13.5 Å². The molecule has 160 valence electrons. The molecule has 8 heteroatoms. The zero-order chi connectivity index (χ0) is 20.9. The van der Waals surface area contributed by atoms with Gasteiger partial charge in [-0.25, -0.2) is 9.48 Å². The van der Waals surface area contributed by atoms with Crippen LogP contribution in [0.25, 0.3) is 0 Å². The summed E-state index contributed by atoms with van der Waals surface area (Å²) < 4.78 is 6.62. The Morgan fingerprint density at radius 3 is 2.57 bits per heavy atom. The average Bonchev–Trinajstić information content (AvgIpc) is 3.30. The number of methoxy groups -OCH3 is 1. The highest BCUT2D eigenvalue weighted by atomic mass is 16.5. The third kappa shape index (κ3) is 4.70. The van der Waals surface area contributed by atoms with Crippen LogP contribution in [0.5, 0.6) is 0 Å². The summed E-state index contributed by atoms with van der Waals surface area (Å²) in [6, 6.07) is 7.77. The first-order valence-electron chi connectivity index (χ1n) is 10.7. The number of benzene rings is 1. The number of hydrogen-bond donors (Lipinski definition) is 0. The minimum absolute atomic E-state index is 0.000638. The lowest BCUT2D eigenvalue weighted by Gasteiger charge is -2.32. The molecule has 0 aliphatic carbocycles. The molecule has 0 radical (unpaired) electrons. The number of nitrogens with zero attached hydrogens (tertiary/aromatic N) is 5. The summed E-state index contributed by atoms with van der Waals surface area (Å²) in [5.41, 5.74) is 2.17. The van der Waals surface area contributed by atoms with Crippen LogP contribution in [0.4, 0.5) is 0 Å². The quantitative estimate of drug-likeness (QED) is 0.704. The Bertz CT molecular complexity index is 873. The number of hydrogen-bond acceptors (Lipinski definition) is 6. The molecule has 0 N–H and O–H groups in total. The molecule has 0 saturated carbocycles. The molecule has 2 aliphatic rings. The van der Waals surface area contributed by atoms with E-state index in [0.29, 0.717) is 11.3 Å². The molecule has 30 heavy (non-hydrogen) atoms. The number of piperidine rings is 2. The first kappa shape index (κ1) is 20.5. The third-order valence-electron chi connectivity index (χ3n) is 6.01. The van der Waals surface area contributed by atoms with E-state index in [-0.39, 0.29) is 17.9 Å². The fourth-order valence-electron chi connectivity index (χ4n) is 4.33. The Balaban J connectivity index is 1.36. The van der Waals surface area contributed by atoms with E-state index in [0.717, 1.165) is 64.0 Å². The minimum Gasteiger partial charge on any atom is -0.465 e. The number of rotatable bonds is 5. The number of likely N-dealkylation sites (tertiary alicyclic amines) is 2. The largest absolute Gasteiger partial charge is 0.465 e. The highest BCUT2D eigenvalue weighted by Crippen LogP contribution is 2.23. The van der Waals surface area contributed by atoms with Crippen LogP contribution >= 0.6 is 0 Å². The van der Waals surface area contributed by atoms with E-state index in [1.54, 1.807) is 12.1 Å². The van der Waals surface area contributed by atoms with E-state index in [1.807, 2.05) is 27.9 Å². The van der Waals surface area contributed by atoms with Gasteiger partial charge < -0.3 is 9.64 Å². The second-order valence-corrected chi connectivity index (χ2v) is 8.16. The van der Waals surface area contributed by atoms with Crippen LogP contribution in [0, 0.1) is 0 Å². The lowest BCUT2D eigenvalue weighted by Crippen LogP contribution is -2.36. The van der Waals surface area contributed by atoms with Crippen LogP contribution in [0.15, 0.2) is 30.5 Å². The van der Waals surface area contributed by atoms with Crippen molar-refractivity contribution in [2.24, 2.45) is 0 Å². The van der Waals surface area contributed by atoms with Gasteiger partial charge in [0.1, 0.15) is 0 Å². The maximum Gasteiger partial charge on any atom is 0.337 e. The molecule has 1 unspecified atom stereocenters. The van der Waals surface area contributed by atoms with E-state index < -0.39 is 0 Å². The summed E-state index contributed by atoms with van der Waals surface area (Å²) in [6.07, 6.45) is 7.24.